The molecule has 5 nitrogen and oxygen atoms in total. The zero-order valence-corrected chi connectivity index (χ0v) is 12.1. The van der Waals surface area contributed by atoms with Crippen LogP contribution in [-0.4, -0.2) is 25.2 Å². The largest absolute Gasteiger partial charge is 0.385 e. The van der Waals surface area contributed by atoms with Crippen LogP contribution in [0.3, 0.4) is 0 Å². The molecule has 0 atom stereocenters. The van der Waals surface area contributed by atoms with Crippen molar-refractivity contribution >= 4 is 34.6 Å². The van der Waals surface area contributed by atoms with Gasteiger partial charge in [-0.05, 0) is 25.3 Å². The molecule has 0 bridgehead atoms. The van der Waals surface area contributed by atoms with Crippen molar-refractivity contribution in [1.82, 2.24) is 0 Å². The summed E-state index contributed by atoms with van der Waals surface area (Å²) >= 11 is 11.6. The van der Waals surface area contributed by atoms with Crippen LogP contribution in [0.15, 0.2) is 12.1 Å². The summed E-state index contributed by atoms with van der Waals surface area (Å²) < 4.78 is 4.94. The number of hydrogen-bond donors (Lipinski definition) is 1. The molecule has 1 aromatic carbocycles. The third-order valence-electron chi connectivity index (χ3n) is 2.58. The van der Waals surface area contributed by atoms with E-state index in [1.165, 1.54) is 12.1 Å². The number of rotatable bonds is 8. The third kappa shape index (κ3) is 5.22. The number of nitro benzene ring substituents is 1. The molecule has 0 aromatic heterocycles. The minimum Gasteiger partial charge on any atom is -0.385 e. The van der Waals surface area contributed by atoms with E-state index < -0.39 is 4.92 Å². The van der Waals surface area contributed by atoms with E-state index in [2.05, 4.69) is 5.32 Å². The molecule has 0 saturated carbocycles. The summed E-state index contributed by atoms with van der Waals surface area (Å²) in [7, 11) is 1.66. The van der Waals surface area contributed by atoms with Gasteiger partial charge in [0.15, 0.2) is 0 Å². The number of benzene rings is 1. The number of nitrogens with one attached hydrogen (secondary N) is 1. The molecular formula is C12H16Cl2N2O3. The highest BCUT2D eigenvalue weighted by molar-refractivity contribution is 6.42. The summed E-state index contributed by atoms with van der Waals surface area (Å²) in [5.41, 5.74) is 0.331. The van der Waals surface area contributed by atoms with Crippen molar-refractivity contribution in [2.24, 2.45) is 0 Å². The molecule has 0 unspecified atom stereocenters. The van der Waals surface area contributed by atoms with Gasteiger partial charge in [0.2, 0.25) is 0 Å². The first kappa shape index (κ1) is 16.0. The van der Waals surface area contributed by atoms with Gasteiger partial charge < -0.3 is 10.1 Å². The van der Waals surface area contributed by atoms with Crippen LogP contribution in [-0.2, 0) is 4.74 Å². The zero-order chi connectivity index (χ0) is 14.3. The van der Waals surface area contributed by atoms with Gasteiger partial charge in [0.05, 0.1) is 15.0 Å². The molecule has 0 amide bonds. The topological polar surface area (TPSA) is 64.4 Å². The maximum absolute atomic E-state index is 10.9. The number of hydrogen-bond acceptors (Lipinski definition) is 4. The molecule has 19 heavy (non-hydrogen) atoms. The van der Waals surface area contributed by atoms with Crippen molar-refractivity contribution in [2.75, 3.05) is 25.6 Å². The van der Waals surface area contributed by atoms with Gasteiger partial charge >= 0.3 is 0 Å². The second kappa shape index (κ2) is 8.19. The Kier molecular flexibility index (Phi) is 6.91. The van der Waals surface area contributed by atoms with E-state index in [4.69, 9.17) is 27.9 Å². The van der Waals surface area contributed by atoms with E-state index in [-0.39, 0.29) is 10.7 Å². The average molecular weight is 307 g/mol. The predicted octanol–water partition coefficient (Wildman–Crippen LogP) is 4.13. The first-order chi connectivity index (χ1) is 9.06. The number of unbranched alkanes of at least 4 members (excludes halogenated alkanes) is 2. The number of halogens is 2. The van der Waals surface area contributed by atoms with E-state index >= 15 is 0 Å². The fourth-order valence-corrected chi connectivity index (χ4v) is 1.92. The normalized spacial score (nSPS) is 10.5. The van der Waals surface area contributed by atoms with Gasteiger partial charge in [-0.25, -0.2) is 0 Å². The van der Waals surface area contributed by atoms with Crippen LogP contribution in [0.25, 0.3) is 0 Å². The quantitative estimate of drug-likeness (QED) is 0.445. The number of nitro groups is 1. The van der Waals surface area contributed by atoms with Crippen LogP contribution in [0.2, 0.25) is 10.0 Å². The first-order valence-electron chi connectivity index (χ1n) is 5.92. The van der Waals surface area contributed by atoms with Crippen molar-refractivity contribution in [1.29, 1.82) is 0 Å². The monoisotopic (exact) mass is 306 g/mol. The highest BCUT2D eigenvalue weighted by Gasteiger charge is 2.16. The number of nitrogens with zero attached hydrogens (tertiary/aromatic N) is 1. The van der Waals surface area contributed by atoms with Crippen molar-refractivity contribution in [2.45, 2.75) is 19.3 Å². The van der Waals surface area contributed by atoms with Crippen LogP contribution in [0.4, 0.5) is 11.4 Å². The summed E-state index contributed by atoms with van der Waals surface area (Å²) in [5, 5.41) is 14.4. The summed E-state index contributed by atoms with van der Waals surface area (Å²) in [5.74, 6) is 0. The van der Waals surface area contributed by atoms with E-state index in [1.54, 1.807) is 7.11 Å². The predicted molar refractivity (Wildman–Crippen MR) is 77.3 cm³/mol. The van der Waals surface area contributed by atoms with Crippen LogP contribution in [0.5, 0.6) is 0 Å². The van der Waals surface area contributed by atoms with Crippen molar-refractivity contribution in [3.8, 4) is 0 Å². The molecule has 1 rings (SSSR count). The molecule has 1 N–H and O–H groups in total. The summed E-state index contributed by atoms with van der Waals surface area (Å²) in [6, 6.07) is 2.74. The molecule has 0 fully saturated rings. The fourth-order valence-electron chi connectivity index (χ4n) is 1.60. The van der Waals surface area contributed by atoms with Gasteiger partial charge in [-0.1, -0.05) is 23.2 Å². The Balaban J connectivity index is 2.57. The fraction of sp³-hybridized carbons (Fsp3) is 0.500. The number of ether oxygens (including phenoxy) is 1. The van der Waals surface area contributed by atoms with Gasteiger partial charge in [-0.15, -0.1) is 0 Å². The van der Waals surface area contributed by atoms with E-state index in [9.17, 15) is 10.1 Å². The minimum atomic E-state index is -0.477. The lowest BCUT2D eigenvalue weighted by Gasteiger charge is -2.08. The highest BCUT2D eigenvalue weighted by Crippen LogP contribution is 2.33. The molecule has 0 aliphatic rings. The second-order valence-corrected chi connectivity index (χ2v) is 4.84. The zero-order valence-electron chi connectivity index (χ0n) is 10.6. The Morgan fingerprint density at radius 1 is 1.26 bits per heavy atom. The van der Waals surface area contributed by atoms with Gasteiger partial charge in [0.1, 0.15) is 5.69 Å². The van der Waals surface area contributed by atoms with Crippen molar-refractivity contribution in [3.05, 3.63) is 32.3 Å². The first-order valence-corrected chi connectivity index (χ1v) is 6.68. The molecule has 1 aromatic rings. The van der Waals surface area contributed by atoms with Crippen molar-refractivity contribution in [3.63, 3.8) is 0 Å². The lowest BCUT2D eigenvalue weighted by molar-refractivity contribution is -0.383. The van der Waals surface area contributed by atoms with Crippen LogP contribution in [0, 0.1) is 10.1 Å². The molecule has 0 spiro atoms. The number of anilines is 1. The Morgan fingerprint density at radius 2 is 1.95 bits per heavy atom. The summed E-state index contributed by atoms with van der Waals surface area (Å²) in [6.07, 6.45) is 2.87. The molecule has 0 aliphatic carbocycles. The smallest absolute Gasteiger partial charge is 0.293 e. The van der Waals surface area contributed by atoms with E-state index in [1.807, 2.05) is 0 Å². The van der Waals surface area contributed by atoms with Gasteiger partial charge in [0.25, 0.3) is 5.69 Å². The lowest BCUT2D eigenvalue weighted by Crippen LogP contribution is -2.05. The summed E-state index contributed by atoms with van der Waals surface area (Å²) in [6.45, 7) is 1.37. The van der Waals surface area contributed by atoms with Gasteiger partial charge in [-0.2, -0.15) is 0 Å². The van der Waals surface area contributed by atoms with Crippen molar-refractivity contribution < 1.29 is 9.66 Å². The standard InChI is InChI=1S/C12H16Cl2N2O3/c1-19-6-4-2-3-5-15-11-7-9(13)10(14)8-12(11)16(17)18/h7-8,15H,2-6H2,1H3. The lowest BCUT2D eigenvalue weighted by atomic mass is 10.2. The molecule has 7 heteroatoms. The van der Waals surface area contributed by atoms with Crippen LogP contribution < -0.4 is 5.32 Å². The second-order valence-electron chi connectivity index (χ2n) is 4.02. The molecule has 0 heterocycles. The van der Waals surface area contributed by atoms with Crippen LogP contribution >= 0.6 is 23.2 Å². The van der Waals surface area contributed by atoms with E-state index in [0.717, 1.165) is 25.9 Å². The third-order valence-corrected chi connectivity index (χ3v) is 3.30. The Morgan fingerprint density at radius 3 is 2.58 bits per heavy atom. The van der Waals surface area contributed by atoms with E-state index in [0.29, 0.717) is 17.3 Å². The SMILES string of the molecule is COCCCCCNc1cc(Cl)c(Cl)cc1[N+](=O)[O-]. The molecule has 106 valence electrons. The summed E-state index contributed by atoms with van der Waals surface area (Å²) in [4.78, 5) is 10.4. The van der Waals surface area contributed by atoms with Gasteiger partial charge in [-0.3, -0.25) is 10.1 Å². The average Bonchev–Trinajstić information content (AvgIpc) is 2.37. The Hall–Kier alpha value is -1.04. The maximum atomic E-state index is 10.9. The Labute approximate surface area is 122 Å². The highest BCUT2D eigenvalue weighted by atomic mass is 35.5. The minimum absolute atomic E-state index is 0.0636. The van der Waals surface area contributed by atoms with Crippen LogP contribution in [0.1, 0.15) is 19.3 Å². The molecule has 0 radical (unpaired) electrons. The molecule has 0 aliphatic heterocycles. The molecular weight excluding hydrogens is 291 g/mol. The van der Waals surface area contributed by atoms with Gasteiger partial charge in [0, 0.05) is 26.3 Å². The Bertz CT molecular complexity index is 441. The number of methoxy groups -OCH3 is 1. The molecule has 0 saturated heterocycles. The maximum Gasteiger partial charge on any atom is 0.293 e.